The third-order valence-electron chi connectivity index (χ3n) is 8.88. The molecule has 0 nitrogen and oxygen atoms in total. The van der Waals surface area contributed by atoms with E-state index in [1.165, 1.54) is 129 Å². The van der Waals surface area contributed by atoms with E-state index in [1.54, 1.807) is 22.3 Å². The van der Waals surface area contributed by atoms with E-state index in [2.05, 4.69) is 70.1 Å². The first-order chi connectivity index (χ1) is 21.8. The van der Waals surface area contributed by atoms with Crippen molar-refractivity contribution in [2.75, 3.05) is 0 Å². The van der Waals surface area contributed by atoms with Crippen molar-refractivity contribution < 1.29 is 0 Å². The highest BCUT2D eigenvalue weighted by Gasteiger charge is 2.16. The molecule has 0 N–H and O–H groups in total. The standard InChI is InChI=1S/C38H40S6/c1-3-7-11-27-19-23-39-35(27)31-15-17-33(43-31)37-29(21-25-41-37)13-9-5-2-6-10-14-30-22-26-42-38(30)34-18-16-32(44-34)36-28(12-8-4-1)20-24-40-36/h15-26H,1-14H2. The van der Waals surface area contributed by atoms with Crippen molar-refractivity contribution in [3.8, 4) is 39.0 Å². The highest BCUT2D eigenvalue weighted by molar-refractivity contribution is 7.26. The van der Waals surface area contributed by atoms with Gasteiger partial charge < -0.3 is 0 Å². The Bertz CT molecular complexity index is 1500. The molecule has 44 heavy (non-hydrogen) atoms. The predicted molar refractivity (Wildman–Crippen MR) is 203 cm³/mol. The molecule has 6 aromatic rings. The van der Waals surface area contributed by atoms with Gasteiger partial charge in [0.05, 0.1) is 0 Å². The molecule has 228 valence electrons. The van der Waals surface area contributed by atoms with Crippen molar-refractivity contribution in [3.63, 3.8) is 0 Å². The van der Waals surface area contributed by atoms with Crippen LogP contribution in [0.15, 0.2) is 70.1 Å². The lowest BCUT2D eigenvalue weighted by atomic mass is 10.0. The first-order valence-electron chi connectivity index (χ1n) is 16.3. The van der Waals surface area contributed by atoms with Crippen molar-refractivity contribution >= 4 is 68.0 Å². The van der Waals surface area contributed by atoms with Gasteiger partial charge in [-0.15, -0.1) is 68.0 Å². The Labute approximate surface area is 287 Å². The number of aryl methyl sites for hydroxylation is 4. The first-order valence-corrected chi connectivity index (χ1v) is 21.5. The van der Waals surface area contributed by atoms with Gasteiger partial charge in [-0.05, 0) is 144 Å². The molecule has 4 bridgehead atoms. The number of rotatable bonds is 0. The molecule has 7 rings (SSSR count). The summed E-state index contributed by atoms with van der Waals surface area (Å²) in [6.07, 6.45) is 18.0. The summed E-state index contributed by atoms with van der Waals surface area (Å²) in [4.78, 5) is 11.8. The fourth-order valence-corrected chi connectivity index (χ4v) is 13.0. The van der Waals surface area contributed by atoms with E-state index in [9.17, 15) is 0 Å². The van der Waals surface area contributed by atoms with Crippen molar-refractivity contribution in [1.29, 1.82) is 0 Å². The van der Waals surface area contributed by atoms with Gasteiger partial charge in [0.15, 0.2) is 0 Å². The lowest BCUT2D eigenvalue weighted by Gasteiger charge is -2.06. The van der Waals surface area contributed by atoms with E-state index >= 15 is 0 Å². The molecule has 0 saturated carbocycles. The Balaban J connectivity index is 1.05. The Hall–Kier alpha value is -1.80. The average molecular weight is 689 g/mol. The van der Waals surface area contributed by atoms with Crippen molar-refractivity contribution in [1.82, 2.24) is 0 Å². The van der Waals surface area contributed by atoms with E-state index in [1.807, 2.05) is 68.0 Å². The molecular weight excluding hydrogens is 649 g/mol. The van der Waals surface area contributed by atoms with Crippen LogP contribution in [0.4, 0.5) is 0 Å². The highest BCUT2D eigenvalue weighted by atomic mass is 32.1. The van der Waals surface area contributed by atoms with Crippen molar-refractivity contribution in [2.45, 2.75) is 89.9 Å². The minimum Gasteiger partial charge on any atom is -0.143 e. The second kappa shape index (κ2) is 15.2. The smallest absolute Gasteiger partial charge is 0.0474 e. The number of thiophene rings is 6. The summed E-state index contributed by atoms with van der Waals surface area (Å²) in [5.74, 6) is 0. The van der Waals surface area contributed by atoms with Crippen LogP contribution in [0.2, 0.25) is 0 Å². The van der Waals surface area contributed by atoms with Crippen LogP contribution in [0.3, 0.4) is 0 Å². The van der Waals surface area contributed by atoms with Gasteiger partial charge in [-0.2, -0.15) is 0 Å². The summed E-state index contributed by atoms with van der Waals surface area (Å²) in [6.45, 7) is 0. The van der Waals surface area contributed by atoms with Crippen LogP contribution in [0.1, 0.15) is 86.5 Å². The minimum atomic E-state index is 1.21. The molecule has 0 aliphatic carbocycles. The molecule has 0 fully saturated rings. The zero-order valence-corrected chi connectivity index (χ0v) is 30.2. The van der Waals surface area contributed by atoms with Crippen LogP contribution in [0.25, 0.3) is 39.0 Å². The number of fused-ring (bicyclic) bond motifs is 12. The molecule has 0 aromatic carbocycles. The van der Waals surface area contributed by atoms with Crippen LogP contribution in [0, 0.1) is 0 Å². The maximum atomic E-state index is 2.38. The fourth-order valence-electron chi connectivity index (χ4n) is 6.48. The normalized spacial score (nSPS) is 15.8. The Morgan fingerprint density at radius 3 is 0.818 bits per heavy atom. The molecule has 7 heterocycles. The quantitative estimate of drug-likeness (QED) is 0.149. The molecule has 0 radical (unpaired) electrons. The second-order valence-corrected chi connectivity index (χ2v) is 17.8. The van der Waals surface area contributed by atoms with Crippen LogP contribution >= 0.6 is 68.0 Å². The molecule has 6 heteroatoms. The zero-order chi connectivity index (χ0) is 29.6. The second-order valence-electron chi connectivity index (χ2n) is 12.0. The van der Waals surface area contributed by atoms with Crippen LogP contribution in [-0.2, 0) is 25.7 Å². The van der Waals surface area contributed by atoms with E-state index in [-0.39, 0.29) is 0 Å². The monoisotopic (exact) mass is 688 g/mol. The highest BCUT2D eigenvalue weighted by Crippen LogP contribution is 2.43. The van der Waals surface area contributed by atoms with E-state index in [0.29, 0.717) is 0 Å². The van der Waals surface area contributed by atoms with E-state index in [4.69, 9.17) is 0 Å². The summed E-state index contributed by atoms with van der Waals surface area (Å²) >= 11 is 11.7. The van der Waals surface area contributed by atoms with Gasteiger partial charge in [-0.3, -0.25) is 0 Å². The molecule has 1 aliphatic heterocycles. The molecular formula is C38H40S6. The fraction of sp³-hybridized carbons (Fsp3) is 0.368. The van der Waals surface area contributed by atoms with Crippen molar-refractivity contribution in [2.24, 2.45) is 0 Å². The third kappa shape index (κ3) is 7.27. The van der Waals surface area contributed by atoms with Crippen LogP contribution in [-0.4, -0.2) is 0 Å². The van der Waals surface area contributed by atoms with Gasteiger partial charge in [0, 0.05) is 39.0 Å². The van der Waals surface area contributed by atoms with Gasteiger partial charge >= 0.3 is 0 Å². The predicted octanol–water partition coefficient (Wildman–Crippen LogP) is 14.5. The molecule has 0 saturated heterocycles. The SMILES string of the molecule is c1cc2c(s1)-c1ccc(s1)-c1sccc1CCCCCCCc1ccsc1-c1ccc(s1)-c1sccc1CCCCCCC2. The van der Waals surface area contributed by atoms with Gasteiger partial charge in [-0.1, -0.05) is 38.5 Å². The lowest BCUT2D eigenvalue weighted by Crippen LogP contribution is -1.88. The summed E-state index contributed by atoms with van der Waals surface area (Å²) in [5.41, 5.74) is 6.21. The third-order valence-corrected chi connectivity index (χ3v) is 15.6. The summed E-state index contributed by atoms with van der Waals surface area (Å²) in [7, 11) is 0. The van der Waals surface area contributed by atoms with E-state index in [0.717, 1.165) is 0 Å². The molecule has 0 amide bonds. The summed E-state index contributed by atoms with van der Waals surface area (Å²) in [6, 6.07) is 19.0. The molecule has 0 spiro atoms. The first kappa shape index (κ1) is 30.8. The topological polar surface area (TPSA) is 0 Å². The van der Waals surface area contributed by atoms with Gasteiger partial charge in [-0.25, -0.2) is 0 Å². The van der Waals surface area contributed by atoms with Crippen LogP contribution in [0.5, 0.6) is 0 Å². The maximum Gasteiger partial charge on any atom is 0.0474 e. The average Bonchev–Trinajstić information content (AvgIpc) is 3.86. The molecule has 6 aromatic heterocycles. The maximum absolute atomic E-state index is 2.38. The Morgan fingerprint density at radius 2 is 0.545 bits per heavy atom. The van der Waals surface area contributed by atoms with Crippen molar-refractivity contribution in [3.05, 3.63) is 92.3 Å². The van der Waals surface area contributed by atoms with Gasteiger partial charge in [0.25, 0.3) is 0 Å². The molecule has 0 unspecified atom stereocenters. The minimum absolute atomic E-state index is 1.21. The Morgan fingerprint density at radius 1 is 0.295 bits per heavy atom. The lowest BCUT2D eigenvalue weighted by molar-refractivity contribution is 0.614. The Kier molecular flexibility index (Phi) is 10.6. The number of hydrogen-bond donors (Lipinski definition) is 0. The van der Waals surface area contributed by atoms with E-state index < -0.39 is 0 Å². The van der Waals surface area contributed by atoms with Gasteiger partial charge in [0.1, 0.15) is 0 Å². The largest absolute Gasteiger partial charge is 0.143 e. The number of hydrogen-bond acceptors (Lipinski definition) is 6. The zero-order valence-electron chi connectivity index (χ0n) is 25.3. The summed E-state index contributed by atoms with van der Waals surface area (Å²) in [5, 5.41) is 9.21. The molecule has 0 atom stereocenters. The molecule has 1 aliphatic rings. The summed E-state index contributed by atoms with van der Waals surface area (Å²) < 4.78 is 0. The van der Waals surface area contributed by atoms with Crippen LogP contribution < -0.4 is 0 Å². The van der Waals surface area contributed by atoms with Gasteiger partial charge in [0.2, 0.25) is 0 Å².